The summed E-state index contributed by atoms with van der Waals surface area (Å²) in [5.74, 6) is -8.30. The second-order valence-electron chi connectivity index (χ2n) is 8.19. The maximum absolute atomic E-state index is 14.9. The average Bonchev–Trinajstić information content (AvgIpc) is 3.16. The zero-order chi connectivity index (χ0) is 24.7. The largest absolute Gasteiger partial charge is 0.486 e. The number of nitrogens with one attached hydrogen (secondary N) is 1. The Morgan fingerprint density at radius 2 is 1.88 bits per heavy atom. The molecule has 8 nitrogen and oxygen atoms in total. The first-order chi connectivity index (χ1) is 16.0. The summed E-state index contributed by atoms with van der Waals surface area (Å²) in [5, 5.41) is 4.07. The Kier molecular flexibility index (Phi) is 6.23. The molecule has 0 unspecified atom stereocenters. The van der Waals surface area contributed by atoms with Gasteiger partial charge in [-0.2, -0.15) is 9.49 Å². The minimum atomic E-state index is -4.54. The first-order valence-corrected chi connectivity index (χ1v) is 11.8. The third kappa shape index (κ3) is 4.69. The highest BCUT2D eigenvalue weighted by atomic mass is 32.2. The Balaban J connectivity index is 1.65. The number of rotatable bonds is 6. The van der Waals surface area contributed by atoms with Crippen LogP contribution >= 0.6 is 0 Å². The molecule has 4 rings (SSSR count). The Morgan fingerprint density at radius 1 is 1.12 bits per heavy atom. The third-order valence-corrected chi connectivity index (χ3v) is 7.11. The number of hydrogen-bond donors (Lipinski definition) is 1. The molecule has 1 N–H and O–H groups in total. The van der Waals surface area contributed by atoms with Gasteiger partial charge in [0.15, 0.2) is 11.6 Å². The molecule has 0 spiro atoms. The maximum Gasteiger partial charge on any atom is 0.266 e. The number of hydrogen-bond acceptors (Lipinski definition) is 6. The number of anilines is 1. The van der Waals surface area contributed by atoms with E-state index in [4.69, 9.17) is 4.74 Å². The van der Waals surface area contributed by atoms with Gasteiger partial charge in [0.1, 0.15) is 23.1 Å². The molecule has 182 valence electrons. The molecule has 2 heterocycles. The lowest BCUT2D eigenvalue weighted by molar-refractivity contribution is -0.0971. The van der Waals surface area contributed by atoms with Crippen LogP contribution in [-0.2, 0) is 17.1 Å². The highest BCUT2D eigenvalue weighted by Crippen LogP contribution is 2.46. The molecule has 0 amide bonds. The van der Waals surface area contributed by atoms with E-state index in [-0.39, 0.29) is 5.82 Å². The van der Waals surface area contributed by atoms with Crippen LogP contribution in [0.5, 0.6) is 5.75 Å². The van der Waals surface area contributed by atoms with Crippen molar-refractivity contribution in [2.24, 2.45) is 13.0 Å². The topological polar surface area (TPSA) is 99.0 Å². The molecule has 1 aromatic carbocycles. The van der Waals surface area contributed by atoms with Gasteiger partial charge < -0.3 is 4.74 Å². The van der Waals surface area contributed by atoms with Crippen molar-refractivity contribution in [3.63, 3.8) is 0 Å². The highest BCUT2D eigenvalue weighted by Gasteiger charge is 2.48. The van der Waals surface area contributed by atoms with Crippen LogP contribution in [0.3, 0.4) is 0 Å². The lowest BCUT2D eigenvalue weighted by Gasteiger charge is -2.40. The standard InChI is InChI=1S/C21H21F4N5O3S/c1-12-9-21(24,25)10-15(18(12)13-5-8-28-30(13)2)33-14-3-4-16(20(23)19(14)22)34(31,32)29-17-6-7-26-11-27-17/h3-8,11-12,15,18H,9-10H2,1-2H3,(H,26,27,29)/t12-,15+,18-/m1/s1. The maximum atomic E-state index is 14.9. The summed E-state index contributed by atoms with van der Waals surface area (Å²) < 4.78 is 92.6. The first-order valence-electron chi connectivity index (χ1n) is 10.3. The van der Waals surface area contributed by atoms with Crippen LogP contribution in [0.15, 0.2) is 47.9 Å². The molecule has 1 fully saturated rings. The van der Waals surface area contributed by atoms with Crippen LogP contribution in [0, 0.1) is 17.6 Å². The zero-order valence-electron chi connectivity index (χ0n) is 18.1. The molecule has 0 bridgehead atoms. The van der Waals surface area contributed by atoms with E-state index in [0.29, 0.717) is 5.69 Å². The average molecular weight is 499 g/mol. The molecule has 3 atom stereocenters. The van der Waals surface area contributed by atoms with E-state index in [1.165, 1.54) is 23.1 Å². The van der Waals surface area contributed by atoms with E-state index in [1.54, 1.807) is 20.0 Å². The van der Waals surface area contributed by atoms with Crippen molar-refractivity contribution in [3.8, 4) is 5.75 Å². The number of sulfonamides is 1. The van der Waals surface area contributed by atoms with Gasteiger partial charge in [-0.15, -0.1) is 0 Å². The summed E-state index contributed by atoms with van der Waals surface area (Å²) in [6, 6.07) is 4.60. The van der Waals surface area contributed by atoms with Gasteiger partial charge in [0.25, 0.3) is 15.9 Å². The summed E-state index contributed by atoms with van der Waals surface area (Å²) in [5.41, 5.74) is 0.613. The fourth-order valence-electron chi connectivity index (χ4n) is 4.30. The predicted molar refractivity (Wildman–Crippen MR) is 113 cm³/mol. The third-order valence-electron chi connectivity index (χ3n) is 5.73. The van der Waals surface area contributed by atoms with Gasteiger partial charge in [-0.1, -0.05) is 6.92 Å². The Hall–Kier alpha value is -3.22. The number of alkyl halides is 2. The van der Waals surface area contributed by atoms with Gasteiger partial charge in [-0.3, -0.25) is 9.40 Å². The molecular weight excluding hydrogens is 478 g/mol. The fraction of sp³-hybridized carbons (Fsp3) is 0.381. The van der Waals surface area contributed by atoms with Crippen molar-refractivity contribution in [3.05, 3.63) is 60.3 Å². The van der Waals surface area contributed by atoms with Crippen LogP contribution in [0.25, 0.3) is 0 Å². The summed E-state index contributed by atoms with van der Waals surface area (Å²) in [6.07, 6.45) is 1.53. The Bertz CT molecular complexity index is 1290. The molecular formula is C21H21F4N5O3S. The molecule has 2 aromatic heterocycles. The summed E-state index contributed by atoms with van der Waals surface area (Å²) in [4.78, 5) is 6.33. The predicted octanol–water partition coefficient (Wildman–Crippen LogP) is 3.89. The number of ether oxygens (including phenoxy) is 1. The second kappa shape index (κ2) is 8.85. The van der Waals surface area contributed by atoms with E-state index in [0.717, 1.165) is 18.5 Å². The molecule has 13 heteroatoms. The van der Waals surface area contributed by atoms with Crippen LogP contribution in [0.4, 0.5) is 23.4 Å². The lowest BCUT2D eigenvalue weighted by Crippen LogP contribution is -2.43. The zero-order valence-corrected chi connectivity index (χ0v) is 18.9. The van der Waals surface area contributed by atoms with Gasteiger partial charge >= 0.3 is 0 Å². The Labute approximate surface area is 193 Å². The summed E-state index contributed by atoms with van der Waals surface area (Å²) >= 11 is 0. The van der Waals surface area contributed by atoms with E-state index in [2.05, 4.69) is 15.1 Å². The number of aromatic nitrogens is 4. The van der Waals surface area contributed by atoms with Crippen molar-refractivity contribution >= 4 is 15.8 Å². The number of benzene rings is 1. The molecule has 0 radical (unpaired) electrons. The summed E-state index contributed by atoms with van der Waals surface area (Å²) in [7, 11) is -2.89. The smallest absolute Gasteiger partial charge is 0.266 e. The van der Waals surface area contributed by atoms with Crippen molar-refractivity contribution in [2.75, 3.05) is 4.72 Å². The highest BCUT2D eigenvalue weighted by molar-refractivity contribution is 7.92. The van der Waals surface area contributed by atoms with Crippen LogP contribution < -0.4 is 9.46 Å². The molecule has 0 aliphatic heterocycles. The normalized spacial score (nSPS) is 22.4. The van der Waals surface area contributed by atoms with E-state index < -0.39 is 69.0 Å². The van der Waals surface area contributed by atoms with Gasteiger partial charge in [0.05, 0.1) is 0 Å². The van der Waals surface area contributed by atoms with Crippen LogP contribution in [-0.4, -0.2) is 40.2 Å². The first kappa shape index (κ1) is 23.9. The van der Waals surface area contributed by atoms with Gasteiger partial charge in [-0.25, -0.2) is 31.6 Å². The fourth-order valence-corrected chi connectivity index (χ4v) is 5.38. The van der Waals surface area contributed by atoms with Gasteiger partial charge in [-0.05, 0) is 30.2 Å². The van der Waals surface area contributed by atoms with Crippen molar-refractivity contribution < 1.29 is 30.7 Å². The summed E-state index contributed by atoms with van der Waals surface area (Å²) in [6.45, 7) is 1.63. The quantitative estimate of drug-likeness (QED) is 0.517. The number of nitrogens with zero attached hydrogens (tertiary/aromatic N) is 4. The van der Waals surface area contributed by atoms with Gasteiger partial charge in [0, 0.05) is 43.9 Å². The van der Waals surface area contributed by atoms with Gasteiger partial charge in [0.2, 0.25) is 5.82 Å². The molecule has 3 aromatic rings. The van der Waals surface area contributed by atoms with E-state index in [1.807, 2.05) is 4.72 Å². The second-order valence-corrected chi connectivity index (χ2v) is 9.84. The number of halogens is 4. The van der Waals surface area contributed by atoms with Crippen molar-refractivity contribution in [1.82, 2.24) is 19.7 Å². The molecule has 1 aliphatic carbocycles. The van der Waals surface area contributed by atoms with Crippen molar-refractivity contribution in [2.45, 2.75) is 42.6 Å². The minimum absolute atomic E-state index is 0.146. The molecule has 1 aliphatic rings. The SMILES string of the molecule is C[C@@H]1CC(F)(F)C[C@H](Oc2ccc(S(=O)(=O)Nc3ccncn3)c(F)c2F)[C@H]1c1ccnn1C. The van der Waals surface area contributed by atoms with E-state index in [9.17, 15) is 26.0 Å². The monoisotopic (exact) mass is 499 g/mol. The number of aryl methyl sites for hydroxylation is 1. The van der Waals surface area contributed by atoms with E-state index >= 15 is 0 Å². The molecule has 0 saturated heterocycles. The van der Waals surface area contributed by atoms with Crippen LogP contribution in [0.1, 0.15) is 31.4 Å². The van der Waals surface area contributed by atoms with Crippen molar-refractivity contribution in [1.29, 1.82) is 0 Å². The molecule has 1 saturated carbocycles. The van der Waals surface area contributed by atoms with Crippen LogP contribution in [0.2, 0.25) is 0 Å². The Morgan fingerprint density at radius 3 is 2.53 bits per heavy atom. The minimum Gasteiger partial charge on any atom is -0.486 e. The lowest BCUT2D eigenvalue weighted by atomic mass is 9.74. The molecule has 34 heavy (non-hydrogen) atoms.